The highest BCUT2D eigenvalue weighted by Crippen LogP contribution is 2.29. The summed E-state index contributed by atoms with van der Waals surface area (Å²) in [6, 6.07) is 16.6. The summed E-state index contributed by atoms with van der Waals surface area (Å²) in [4.78, 5) is 6.92. The van der Waals surface area contributed by atoms with E-state index >= 15 is 0 Å². The van der Waals surface area contributed by atoms with Crippen LogP contribution in [0.3, 0.4) is 0 Å². The zero-order valence-electron chi connectivity index (χ0n) is 11.7. The van der Waals surface area contributed by atoms with Gasteiger partial charge in [0, 0.05) is 25.8 Å². The first-order valence-electron chi connectivity index (χ1n) is 7.23. The Morgan fingerprint density at radius 1 is 1.00 bits per heavy atom. The second kappa shape index (κ2) is 5.73. The summed E-state index contributed by atoms with van der Waals surface area (Å²) in [5.41, 5.74) is 8.69. The molecule has 0 bridgehead atoms. The first kappa shape index (κ1) is 13.3. The summed E-state index contributed by atoms with van der Waals surface area (Å²) in [5, 5.41) is 0. The highest BCUT2D eigenvalue weighted by atomic mass is 15.1. The van der Waals surface area contributed by atoms with Crippen molar-refractivity contribution in [2.45, 2.75) is 24.9 Å². The largest absolute Gasteiger partial charge is 0.320 e. The maximum absolute atomic E-state index is 6.55. The standard InChI is InChI=1S/C17H21N3/c18-17(16-8-4-5-11-19-16)9-12-20(13-10-17)14-15-6-2-1-3-7-15/h1-8,11H,9-10,12-14,18H2. The maximum atomic E-state index is 6.55. The average molecular weight is 267 g/mol. The number of piperidine rings is 1. The molecule has 2 aromatic rings. The molecule has 2 heterocycles. The van der Waals surface area contributed by atoms with Crippen LogP contribution in [-0.2, 0) is 12.1 Å². The molecule has 20 heavy (non-hydrogen) atoms. The van der Waals surface area contributed by atoms with Crippen LogP contribution in [0.5, 0.6) is 0 Å². The van der Waals surface area contributed by atoms with E-state index in [1.807, 2.05) is 24.4 Å². The topological polar surface area (TPSA) is 42.1 Å². The third-order valence-electron chi connectivity index (χ3n) is 4.17. The van der Waals surface area contributed by atoms with Gasteiger partial charge in [-0.05, 0) is 30.5 Å². The minimum Gasteiger partial charge on any atom is -0.320 e. The van der Waals surface area contributed by atoms with E-state index < -0.39 is 0 Å². The Bertz CT molecular complexity index is 531. The van der Waals surface area contributed by atoms with Gasteiger partial charge in [0.05, 0.1) is 11.2 Å². The van der Waals surface area contributed by atoms with Gasteiger partial charge in [-0.15, -0.1) is 0 Å². The van der Waals surface area contributed by atoms with E-state index in [0.29, 0.717) is 0 Å². The Morgan fingerprint density at radius 2 is 1.70 bits per heavy atom. The van der Waals surface area contributed by atoms with Crippen molar-refractivity contribution in [3.05, 3.63) is 66.0 Å². The third-order valence-corrected chi connectivity index (χ3v) is 4.17. The molecule has 1 aromatic carbocycles. The SMILES string of the molecule is NC1(c2ccccn2)CCN(Cc2ccccc2)CC1. The quantitative estimate of drug-likeness (QED) is 0.929. The fourth-order valence-corrected chi connectivity index (χ4v) is 2.87. The number of rotatable bonds is 3. The molecule has 1 aliphatic heterocycles. The molecule has 3 rings (SSSR count). The monoisotopic (exact) mass is 267 g/mol. The molecule has 1 fully saturated rings. The Morgan fingerprint density at radius 3 is 2.35 bits per heavy atom. The van der Waals surface area contributed by atoms with Gasteiger partial charge in [0.15, 0.2) is 0 Å². The van der Waals surface area contributed by atoms with Crippen molar-refractivity contribution in [3.8, 4) is 0 Å². The maximum Gasteiger partial charge on any atom is 0.0608 e. The number of hydrogen-bond acceptors (Lipinski definition) is 3. The van der Waals surface area contributed by atoms with Crippen molar-refractivity contribution in [2.75, 3.05) is 13.1 Å². The molecule has 0 atom stereocenters. The summed E-state index contributed by atoms with van der Waals surface area (Å²) < 4.78 is 0. The number of aromatic nitrogens is 1. The van der Waals surface area contributed by atoms with Gasteiger partial charge in [0.25, 0.3) is 0 Å². The fourth-order valence-electron chi connectivity index (χ4n) is 2.87. The molecule has 104 valence electrons. The second-order valence-electron chi connectivity index (χ2n) is 5.63. The van der Waals surface area contributed by atoms with E-state index in [-0.39, 0.29) is 5.54 Å². The summed E-state index contributed by atoms with van der Waals surface area (Å²) in [7, 11) is 0. The predicted octanol–water partition coefficient (Wildman–Crippen LogP) is 2.53. The van der Waals surface area contributed by atoms with Gasteiger partial charge in [0.2, 0.25) is 0 Å². The van der Waals surface area contributed by atoms with Gasteiger partial charge < -0.3 is 5.73 Å². The number of likely N-dealkylation sites (tertiary alicyclic amines) is 1. The van der Waals surface area contributed by atoms with Crippen LogP contribution in [0.2, 0.25) is 0 Å². The second-order valence-corrected chi connectivity index (χ2v) is 5.63. The molecule has 3 heteroatoms. The highest BCUT2D eigenvalue weighted by Gasteiger charge is 2.33. The van der Waals surface area contributed by atoms with Crippen molar-refractivity contribution in [1.82, 2.24) is 9.88 Å². The Balaban J connectivity index is 1.62. The molecule has 0 saturated carbocycles. The van der Waals surface area contributed by atoms with Crippen LogP contribution in [0.15, 0.2) is 54.7 Å². The first-order valence-corrected chi connectivity index (χ1v) is 7.23. The van der Waals surface area contributed by atoms with Crippen LogP contribution in [0.25, 0.3) is 0 Å². The third kappa shape index (κ3) is 2.89. The van der Waals surface area contributed by atoms with Gasteiger partial charge >= 0.3 is 0 Å². The minimum atomic E-state index is -0.256. The summed E-state index contributed by atoms with van der Waals surface area (Å²) >= 11 is 0. The van der Waals surface area contributed by atoms with Crippen molar-refractivity contribution in [3.63, 3.8) is 0 Å². The number of benzene rings is 1. The molecule has 0 aliphatic carbocycles. The Hall–Kier alpha value is -1.71. The smallest absolute Gasteiger partial charge is 0.0608 e. The number of nitrogens with zero attached hydrogens (tertiary/aromatic N) is 2. The summed E-state index contributed by atoms with van der Waals surface area (Å²) in [6.07, 6.45) is 3.77. The van der Waals surface area contributed by atoms with Crippen LogP contribution < -0.4 is 5.73 Å². The number of hydrogen-bond donors (Lipinski definition) is 1. The molecule has 0 unspecified atom stereocenters. The Kier molecular flexibility index (Phi) is 3.81. The summed E-state index contributed by atoms with van der Waals surface area (Å²) in [5.74, 6) is 0. The van der Waals surface area contributed by atoms with Crippen molar-refractivity contribution in [1.29, 1.82) is 0 Å². The molecule has 0 radical (unpaired) electrons. The number of pyridine rings is 1. The minimum absolute atomic E-state index is 0.256. The van der Waals surface area contributed by atoms with Gasteiger partial charge in [-0.1, -0.05) is 36.4 Å². The predicted molar refractivity (Wildman–Crippen MR) is 81.1 cm³/mol. The molecular formula is C17H21N3. The lowest BCUT2D eigenvalue weighted by molar-refractivity contribution is 0.153. The van der Waals surface area contributed by atoms with Crippen molar-refractivity contribution < 1.29 is 0 Å². The van der Waals surface area contributed by atoms with Gasteiger partial charge in [-0.2, -0.15) is 0 Å². The van der Waals surface area contributed by atoms with E-state index in [0.717, 1.165) is 38.2 Å². The normalized spacial score (nSPS) is 18.9. The van der Waals surface area contributed by atoms with Crippen LogP contribution in [0, 0.1) is 0 Å². The molecule has 1 aromatic heterocycles. The molecule has 2 N–H and O–H groups in total. The number of nitrogens with two attached hydrogens (primary N) is 1. The van der Waals surface area contributed by atoms with E-state index in [4.69, 9.17) is 5.73 Å². The average Bonchev–Trinajstić information content (AvgIpc) is 2.52. The van der Waals surface area contributed by atoms with Gasteiger partial charge in [-0.3, -0.25) is 9.88 Å². The zero-order chi connectivity index (χ0) is 13.8. The van der Waals surface area contributed by atoms with Crippen LogP contribution in [0.1, 0.15) is 24.1 Å². The lowest BCUT2D eigenvalue weighted by atomic mass is 9.85. The van der Waals surface area contributed by atoms with E-state index in [9.17, 15) is 0 Å². The van der Waals surface area contributed by atoms with Crippen LogP contribution in [-0.4, -0.2) is 23.0 Å². The molecule has 1 aliphatic rings. The Labute approximate surface area is 120 Å². The van der Waals surface area contributed by atoms with E-state index in [1.165, 1.54) is 5.56 Å². The van der Waals surface area contributed by atoms with Crippen LogP contribution >= 0.6 is 0 Å². The fraction of sp³-hybridized carbons (Fsp3) is 0.353. The molecular weight excluding hydrogens is 246 g/mol. The lowest BCUT2D eigenvalue weighted by Crippen LogP contribution is -2.48. The van der Waals surface area contributed by atoms with Gasteiger partial charge in [0.1, 0.15) is 0 Å². The van der Waals surface area contributed by atoms with E-state index in [2.05, 4.69) is 40.2 Å². The lowest BCUT2D eigenvalue weighted by Gasteiger charge is -2.38. The van der Waals surface area contributed by atoms with Crippen LogP contribution in [0.4, 0.5) is 0 Å². The van der Waals surface area contributed by atoms with Crippen molar-refractivity contribution >= 4 is 0 Å². The first-order chi connectivity index (χ1) is 9.76. The molecule has 0 spiro atoms. The highest BCUT2D eigenvalue weighted by molar-refractivity contribution is 5.17. The zero-order valence-corrected chi connectivity index (χ0v) is 11.7. The molecule has 3 nitrogen and oxygen atoms in total. The van der Waals surface area contributed by atoms with Gasteiger partial charge in [-0.25, -0.2) is 0 Å². The summed E-state index contributed by atoms with van der Waals surface area (Å²) in [6.45, 7) is 3.07. The van der Waals surface area contributed by atoms with E-state index in [1.54, 1.807) is 0 Å². The molecule has 1 saturated heterocycles. The van der Waals surface area contributed by atoms with Crippen molar-refractivity contribution in [2.24, 2.45) is 5.73 Å². The molecule has 0 amide bonds.